The lowest BCUT2D eigenvalue weighted by Crippen LogP contribution is -2.23. The Hall–Kier alpha value is -4.36. The monoisotopic (exact) mass is 460 g/mol. The summed E-state index contributed by atoms with van der Waals surface area (Å²) in [4.78, 5) is 0. The summed E-state index contributed by atoms with van der Waals surface area (Å²) < 4.78 is 6.30. The van der Waals surface area contributed by atoms with Crippen LogP contribution in [0.5, 0.6) is 0 Å². The van der Waals surface area contributed by atoms with E-state index in [9.17, 15) is 0 Å². The van der Waals surface area contributed by atoms with Crippen molar-refractivity contribution in [3.8, 4) is 11.1 Å². The van der Waals surface area contributed by atoms with Crippen LogP contribution in [-0.2, 0) is 11.8 Å². The van der Waals surface area contributed by atoms with Crippen LogP contribution in [0.1, 0.15) is 23.6 Å². The summed E-state index contributed by atoms with van der Waals surface area (Å²) in [5.41, 5.74) is 8.80. The van der Waals surface area contributed by atoms with E-state index in [4.69, 9.17) is 4.42 Å². The zero-order valence-electron chi connectivity index (χ0n) is 20.1. The zero-order valence-corrected chi connectivity index (χ0v) is 20.1. The molecule has 1 aromatic heterocycles. The van der Waals surface area contributed by atoms with Crippen molar-refractivity contribution in [3.05, 3.63) is 132 Å². The second-order valence-corrected chi connectivity index (χ2v) is 10.4. The van der Waals surface area contributed by atoms with Crippen LogP contribution >= 0.6 is 0 Å². The summed E-state index contributed by atoms with van der Waals surface area (Å²) in [6.07, 6.45) is 0.962. The fourth-order valence-electron chi connectivity index (χ4n) is 6.67. The SMILES string of the molecule is CC1(Cc2ccc3c(ccc4oc5ccc6ccccc6c5c43)c2)c2ccccc2-c2ccccc21. The molecule has 0 amide bonds. The summed E-state index contributed by atoms with van der Waals surface area (Å²) >= 11 is 0. The summed E-state index contributed by atoms with van der Waals surface area (Å²) in [6, 6.07) is 42.0. The molecular weight excluding hydrogens is 436 g/mol. The highest BCUT2D eigenvalue weighted by Gasteiger charge is 2.38. The van der Waals surface area contributed by atoms with Crippen molar-refractivity contribution < 1.29 is 4.42 Å². The van der Waals surface area contributed by atoms with E-state index >= 15 is 0 Å². The Bertz CT molecular complexity index is 1940. The van der Waals surface area contributed by atoms with Crippen molar-refractivity contribution in [2.24, 2.45) is 0 Å². The van der Waals surface area contributed by atoms with E-state index in [-0.39, 0.29) is 5.41 Å². The van der Waals surface area contributed by atoms with Gasteiger partial charge < -0.3 is 4.42 Å². The van der Waals surface area contributed by atoms with Gasteiger partial charge in [-0.3, -0.25) is 0 Å². The lowest BCUT2D eigenvalue weighted by atomic mass is 9.75. The second-order valence-electron chi connectivity index (χ2n) is 10.4. The fraction of sp³-hybridized carbons (Fsp3) is 0.0857. The molecule has 0 radical (unpaired) electrons. The van der Waals surface area contributed by atoms with Gasteiger partial charge in [0.1, 0.15) is 11.2 Å². The fourth-order valence-corrected chi connectivity index (χ4v) is 6.67. The number of hydrogen-bond donors (Lipinski definition) is 0. The quantitative estimate of drug-likeness (QED) is 0.250. The normalized spacial score (nSPS) is 14.0. The van der Waals surface area contributed by atoms with Gasteiger partial charge in [0.05, 0.1) is 0 Å². The molecule has 1 aliphatic carbocycles. The highest BCUT2D eigenvalue weighted by molar-refractivity contribution is 6.26. The van der Waals surface area contributed by atoms with Gasteiger partial charge in [-0.15, -0.1) is 0 Å². The third-order valence-corrected chi connectivity index (χ3v) is 8.30. The van der Waals surface area contributed by atoms with Gasteiger partial charge in [-0.2, -0.15) is 0 Å². The molecule has 0 aliphatic heterocycles. The molecule has 6 aromatic carbocycles. The Labute approximate surface area is 209 Å². The van der Waals surface area contributed by atoms with Crippen molar-refractivity contribution in [3.63, 3.8) is 0 Å². The number of benzene rings is 6. The maximum atomic E-state index is 6.30. The van der Waals surface area contributed by atoms with Crippen LogP contribution < -0.4 is 0 Å². The van der Waals surface area contributed by atoms with Gasteiger partial charge in [-0.05, 0) is 67.9 Å². The topological polar surface area (TPSA) is 13.1 Å². The van der Waals surface area contributed by atoms with E-state index in [2.05, 4.69) is 122 Å². The first-order chi connectivity index (χ1) is 17.7. The third-order valence-electron chi connectivity index (χ3n) is 8.30. The minimum atomic E-state index is -0.0521. The highest BCUT2D eigenvalue weighted by atomic mass is 16.3. The molecule has 0 fully saturated rings. The average Bonchev–Trinajstić information content (AvgIpc) is 3.43. The molecule has 0 unspecified atom stereocenters. The molecule has 0 bridgehead atoms. The van der Waals surface area contributed by atoms with Crippen molar-refractivity contribution >= 4 is 43.5 Å². The van der Waals surface area contributed by atoms with E-state index in [0.29, 0.717) is 0 Å². The molecule has 7 aromatic rings. The zero-order chi connectivity index (χ0) is 23.9. The molecule has 1 nitrogen and oxygen atoms in total. The molecule has 0 N–H and O–H groups in total. The molecule has 1 aliphatic rings. The lowest BCUT2D eigenvalue weighted by molar-refractivity contribution is 0.583. The summed E-state index contributed by atoms with van der Waals surface area (Å²) in [6.45, 7) is 2.40. The van der Waals surface area contributed by atoms with Crippen LogP contribution in [0.15, 0.2) is 120 Å². The number of fused-ring (bicyclic) bond motifs is 10. The number of hydrogen-bond acceptors (Lipinski definition) is 1. The van der Waals surface area contributed by atoms with Gasteiger partial charge in [0, 0.05) is 16.2 Å². The number of rotatable bonds is 2. The Morgan fingerprint density at radius 3 is 1.86 bits per heavy atom. The smallest absolute Gasteiger partial charge is 0.136 e. The highest BCUT2D eigenvalue weighted by Crippen LogP contribution is 2.50. The van der Waals surface area contributed by atoms with Crippen LogP contribution in [0.4, 0.5) is 0 Å². The molecule has 1 heteroatoms. The summed E-state index contributed by atoms with van der Waals surface area (Å²) in [5.74, 6) is 0. The third kappa shape index (κ3) is 2.60. The van der Waals surface area contributed by atoms with Crippen molar-refractivity contribution in [2.45, 2.75) is 18.8 Å². The molecule has 170 valence electrons. The molecular formula is C35H24O. The van der Waals surface area contributed by atoms with Gasteiger partial charge in [0.25, 0.3) is 0 Å². The molecule has 0 atom stereocenters. The predicted molar refractivity (Wildman–Crippen MR) is 151 cm³/mol. The maximum absolute atomic E-state index is 6.30. The molecule has 0 saturated carbocycles. The van der Waals surface area contributed by atoms with Crippen LogP contribution in [-0.4, -0.2) is 0 Å². The van der Waals surface area contributed by atoms with Gasteiger partial charge >= 0.3 is 0 Å². The largest absolute Gasteiger partial charge is 0.456 e. The van der Waals surface area contributed by atoms with Gasteiger partial charge in [-0.25, -0.2) is 0 Å². The second kappa shape index (κ2) is 7.08. The van der Waals surface area contributed by atoms with Crippen LogP contribution in [0.3, 0.4) is 0 Å². The summed E-state index contributed by atoms with van der Waals surface area (Å²) in [5, 5.41) is 7.44. The minimum absolute atomic E-state index is 0.0521. The van der Waals surface area contributed by atoms with Crippen LogP contribution in [0.25, 0.3) is 54.6 Å². The Balaban J connectivity index is 1.32. The van der Waals surface area contributed by atoms with E-state index in [1.165, 1.54) is 60.1 Å². The first kappa shape index (κ1) is 19.9. The molecule has 0 spiro atoms. The lowest BCUT2D eigenvalue weighted by Gasteiger charge is -2.28. The Morgan fingerprint density at radius 2 is 1.14 bits per heavy atom. The van der Waals surface area contributed by atoms with Crippen molar-refractivity contribution in [2.75, 3.05) is 0 Å². The van der Waals surface area contributed by atoms with Crippen molar-refractivity contribution in [1.82, 2.24) is 0 Å². The van der Waals surface area contributed by atoms with E-state index < -0.39 is 0 Å². The first-order valence-electron chi connectivity index (χ1n) is 12.7. The van der Waals surface area contributed by atoms with Crippen molar-refractivity contribution in [1.29, 1.82) is 0 Å². The van der Waals surface area contributed by atoms with Crippen LogP contribution in [0.2, 0.25) is 0 Å². The Kier molecular flexibility index (Phi) is 3.92. The Morgan fingerprint density at radius 1 is 0.556 bits per heavy atom. The van der Waals surface area contributed by atoms with Crippen LogP contribution in [0, 0.1) is 0 Å². The minimum Gasteiger partial charge on any atom is -0.456 e. The van der Waals surface area contributed by atoms with Gasteiger partial charge in [-0.1, -0.05) is 110 Å². The summed E-state index contributed by atoms with van der Waals surface area (Å²) in [7, 11) is 0. The maximum Gasteiger partial charge on any atom is 0.136 e. The van der Waals surface area contributed by atoms with E-state index in [0.717, 1.165) is 17.6 Å². The molecule has 0 saturated heterocycles. The van der Waals surface area contributed by atoms with E-state index in [1.807, 2.05) is 0 Å². The molecule has 36 heavy (non-hydrogen) atoms. The van der Waals surface area contributed by atoms with E-state index in [1.54, 1.807) is 0 Å². The standard InChI is InChI=1S/C35H24O/c1-35(29-12-6-4-10-27(29)28-11-5-7-13-30(28)35)21-22-14-17-26-24(20-22)16-19-32-34(26)33-25-9-3-2-8-23(25)15-18-31(33)36-32/h2-20H,21H2,1H3. The molecule has 1 heterocycles. The number of furan rings is 1. The first-order valence-corrected chi connectivity index (χ1v) is 12.7. The molecule has 8 rings (SSSR count). The van der Waals surface area contributed by atoms with Gasteiger partial charge in [0.15, 0.2) is 0 Å². The predicted octanol–water partition coefficient (Wildman–Crippen LogP) is 9.42. The van der Waals surface area contributed by atoms with Gasteiger partial charge in [0.2, 0.25) is 0 Å². The average molecular weight is 461 g/mol.